The number of nitrogen functional groups attached to an aromatic ring is 1. The van der Waals surface area contributed by atoms with Gasteiger partial charge in [-0.3, -0.25) is 0 Å². The molecule has 0 bridgehead atoms. The molecule has 0 saturated heterocycles. The van der Waals surface area contributed by atoms with E-state index in [2.05, 4.69) is 0 Å². The molecule has 0 atom stereocenters. The Balaban J connectivity index is 2.30. The Kier molecular flexibility index (Phi) is 5.24. The van der Waals surface area contributed by atoms with Gasteiger partial charge >= 0.3 is 134 Å². The zero-order chi connectivity index (χ0) is 16.3. The first kappa shape index (κ1) is 17.0. The summed E-state index contributed by atoms with van der Waals surface area (Å²) in [6.45, 7) is 2.04. The minimum atomic E-state index is -3.62. The van der Waals surface area contributed by atoms with Crippen LogP contribution in [0.3, 0.4) is 0 Å². The molecule has 7 heteroatoms. The van der Waals surface area contributed by atoms with Crippen molar-refractivity contribution in [1.82, 2.24) is 0 Å². The Labute approximate surface area is 134 Å². The summed E-state index contributed by atoms with van der Waals surface area (Å²) in [5, 5.41) is 0. The third-order valence-electron chi connectivity index (χ3n) is 3.08. The van der Waals surface area contributed by atoms with Crippen molar-refractivity contribution < 1.29 is 17.2 Å². The van der Waals surface area contributed by atoms with Gasteiger partial charge in [-0.1, -0.05) is 0 Å². The molecule has 0 heterocycles. The van der Waals surface area contributed by atoms with Gasteiger partial charge in [0.05, 0.1) is 0 Å². The van der Waals surface area contributed by atoms with E-state index >= 15 is 0 Å². The van der Waals surface area contributed by atoms with Crippen LogP contribution in [0.1, 0.15) is 18.9 Å². The number of hydrogen-bond donors (Lipinski definition) is 1. The fourth-order valence-corrected chi connectivity index (χ4v) is 7.27. The first-order valence-electron chi connectivity index (χ1n) is 6.65. The molecule has 0 amide bonds. The summed E-state index contributed by atoms with van der Waals surface area (Å²) in [6, 6.07) is 8.70. The molecule has 2 rings (SSSR count). The number of halogens is 2. The summed E-state index contributed by atoms with van der Waals surface area (Å²) >= 11 is -1.55. The van der Waals surface area contributed by atoms with Crippen molar-refractivity contribution in [2.75, 3.05) is 5.73 Å². The molecule has 0 aliphatic rings. The second kappa shape index (κ2) is 6.80. The van der Waals surface area contributed by atoms with E-state index in [9.17, 15) is 17.2 Å². The third-order valence-corrected chi connectivity index (χ3v) is 9.19. The number of benzene rings is 2. The number of hydrogen-bond acceptors (Lipinski definition) is 3. The Morgan fingerprint density at radius 2 is 1.73 bits per heavy atom. The van der Waals surface area contributed by atoms with Crippen LogP contribution in [0.5, 0.6) is 0 Å². The molecule has 3 nitrogen and oxygen atoms in total. The van der Waals surface area contributed by atoms with E-state index in [0.717, 1.165) is 30.5 Å². The molecule has 2 aromatic rings. The summed E-state index contributed by atoms with van der Waals surface area (Å²) in [6.07, 6.45) is 1.84. The van der Waals surface area contributed by atoms with Gasteiger partial charge in [-0.15, -0.1) is 0 Å². The molecule has 0 aliphatic carbocycles. The topological polar surface area (TPSA) is 60.2 Å². The van der Waals surface area contributed by atoms with Crippen molar-refractivity contribution in [2.45, 2.75) is 24.7 Å². The predicted octanol–water partition coefficient (Wildman–Crippen LogP) is 2.22. The summed E-state index contributed by atoms with van der Waals surface area (Å²) in [4.78, 5) is 0.148. The van der Waals surface area contributed by atoms with E-state index in [1.165, 1.54) is 12.1 Å². The Hall–Kier alpha value is -1.39. The van der Waals surface area contributed by atoms with Crippen LogP contribution in [-0.4, -0.2) is 23.0 Å². The van der Waals surface area contributed by atoms with Gasteiger partial charge in [-0.05, 0) is 0 Å². The summed E-state index contributed by atoms with van der Waals surface area (Å²) in [5.41, 5.74) is 5.68. The fourth-order valence-electron chi connectivity index (χ4n) is 1.93. The first-order valence-corrected chi connectivity index (χ1v) is 11.3. The zero-order valence-corrected chi connectivity index (χ0v) is 14.6. The average molecular weight is 386 g/mol. The van der Waals surface area contributed by atoms with Crippen molar-refractivity contribution in [3.63, 3.8) is 0 Å². The third kappa shape index (κ3) is 3.68. The predicted molar refractivity (Wildman–Crippen MR) is 83.8 cm³/mol. The van der Waals surface area contributed by atoms with Gasteiger partial charge in [0.25, 0.3) is 0 Å². The second-order valence-electron chi connectivity index (χ2n) is 4.75. The molecule has 22 heavy (non-hydrogen) atoms. The summed E-state index contributed by atoms with van der Waals surface area (Å²) in [5.74, 6) is -1.87. The van der Waals surface area contributed by atoms with Crippen LogP contribution in [0, 0.1) is 11.6 Å². The van der Waals surface area contributed by atoms with Crippen LogP contribution < -0.4 is 10.1 Å². The molecule has 1 radical (unpaired) electrons. The molecule has 117 valence electrons. The molecule has 0 fully saturated rings. The SMILES string of the molecule is CCCc1ccc(S(=O)(=O)[As]c2ccc(F)c(N)c2F)cc1. The Morgan fingerprint density at radius 3 is 2.32 bits per heavy atom. The van der Waals surface area contributed by atoms with Crippen LogP contribution in [0.2, 0.25) is 0 Å². The molecular weight excluding hydrogens is 371 g/mol. The van der Waals surface area contributed by atoms with Gasteiger partial charge in [0.2, 0.25) is 0 Å². The molecular formula is C15H15AsF2NO2S. The standard InChI is InChI=1S/C15H15AsF2NO2S/c1-2-3-10-4-6-11(7-5-10)22(20,21)16-12-8-9-13(17)15(19)14(12)18/h4-9H,2-3,19H2,1H3. The van der Waals surface area contributed by atoms with Crippen LogP contribution in [0.25, 0.3) is 0 Å². The van der Waals surface area contributed by atoms with E-state index in [1.54, 1.807) is 12.1 Å². The van der Waals surface area contributed by atoms with Gasteiger partial charge in [0.1, 0.15) is 0 Å². The van der Waals surface area contributed by atoms with Crippen molar-refractivity contribution in [3.8, 4) is 0 Å². The Bertz CT molecular complexity index is 777. The van der Waals surface area contributed by atoms with Crippen molar-refractivity contribution >= 4 is 32.7 Å². The summed E-state index contributed by atoms with van der Waals surface area (Å²) in [7, 11) is -3.62. The molecule has 0 unspecified atom stereocenters. The molecule has 0 aliphatic heterocycles. The molecule has 2 N–H and O–H groups in total. The number of anilines is 1. The van der Waals surface area contributed by atoms with Crippen LogP contribution >= 0.6 is 0 Å². The van der Waals surface area contributed by atoms with Gasteiger partial charge in [0, 0.05) is 0 Å². The van der Waals surface area contributed by atoms with Gasteiger partial charge in [-0.2, -0.15) is 0 Å². The van der Waals surface area contributed by atoms with Gasteiger partial charge in [0.15, 0.2) is 0 Å². The van der Waals surface area contributed by atoms with Crippen LogP contribution in [0.4, 0.5) is 14.5 Å². The van der Waals surface area contributed by atoms with E-state index in [1.807, 2.05) is 6.92 Å². The van der Waals surface area contributed by atoms with Crippen molar-refractivity contribution in [2.24, 2.45) is 0 Å². The van der Waals surface area contributed by atoms with Gasteiger partial charge in [-0.25, -0.2) is 0 Å². The van der Waals surface area contributed by atoms with Gasteiger partial charge < -0.3 is 0 Å². The van der Waals surface area contributed by atoms with Crippen LogP contribution in [0.15, 0.2) is 41.3 Å². The maximum atomic E-state index is 13.9. The van der Waals surface area contributed by atoms with E-state index in [-0.39, 0.29) is 9.25 Å². The van der Waals surface area contributed by atoms with Crippen LogP contribution in [-0.2, 0) is 14.5 Å². The van der Waals surface area contributed by atoms with Crippen molar-refractivity contribution in [3.05, 3.63) is 53.6 Å². The number of nitrogens with two attached hydrogens (primary N) is 1. The number of aryl methyl sites for hydroxylation is 1. The van der Waals surface area contributed by atoms with E-state index in [4.69, 9.17) is 5.73 Å². The number of rotatable bonds is 5. The minimum absolute atomic E-state index is 0.0483. The first-order chi connectivity index (χ1) is 10.3. The average Bonchev–Trinajstić information content (AvgIpc) is 2.49. The summed E-state index contributed by atoms with van der Waals surface area (Å²) < 4.78 is 51.7. The molecule has 0 spiro atoms. The quantitative estimate of drug-likeness (QED) is 0.633. The molecule has 0 aromatic heterocycles. The van der Waals surface area contributed by atoms with Crippen molar-refractivity contribution in [1.29, 1.82) is 0 Å². The normalized spacial score (nSPS) is 12.1. The molecule has 0 saturated carbocycles. The Morgan fingerprint density at radius 1 is 1.09 bits per heavy atom. The maximum absolute atomic E-state index is 13.9. The monoisotopic (exact) mass is 386 g/mol. The fraction of sp³-hybridized carbons (Fsp3) is 0.200. The second-order valence-corrected chi connectivity index (χ2v) is 11.5. The zero-order valence-electron chi connectivity index (χ0n) is 11.9. The van der Waals surface area contributed by atoms with E-state index < -0.39 is 40.0 Å². The van der Waals surface area contributed by atoms with E-state index in [0.29, 0.717) is 0 Å². The molecule has 2 aromatic carbocycles.